The Morgan fingerprint density at radius 1 is 1.14 bits per heavy atom. The number of aromatic nitrogens is 1. The molecule has 0 spiro atoms. The highest BCUT2D eigenvalue weighted by molar-refractivity contribution is 6.39. The van der Waals surface area contributed by atoms with Crippen LogP contribution in [0.2, 0.25) is 10.0 Å². The number of non-ortho nitro benzene ring substituents is 1. The molecule has 1 heterocycles. The number of anilines is 1. The first-order valence-corrected chi connectivity index (χ1v) is 8.67. The van der Waals surface area contributed by atoms with Gasteiger partial charge in [0.15, 0.2) is 0 Å². The standard InChI is InChI=1S/C17H11Cl2N5O5/c1-9-11(17(22-29-9)16-12(18)3-2-4-13(16)19)8-20-21-14-6-5-10(23(25)26)7-15(14)24(27)28/h2-8,21H,1H3/b20-8+. The molecular formula is C17H11Cl2N5O5. The van der Waals surface area contributed by atoms with Crippen LogP contribution >= 0.6 is 23.2 Å². The van der Waals surface area contributed by atoms with Gasteiger partial charge in [0, 0.05) is 11.6 Å². The van der Waals surface area contributed by atoms with Crippen molar-refractivity contribution < 1.29 is 14.4 Å². The molecule has 0 bridgehead atoms. The van der Waals surface area contributed by atoms with Crippen LogP contribution in [0.25, 0.3) is 11.3 Å². The van der Waals surface area contributed by atoms with Crippen LogP contribution in [0.1, 0.15) is 11.3 Å². The minimum Gasteiger partial charge on any atom is -0.360 e. The molecule has 0 unspecified atom stereocenters. The molecule has 1 N–H and O–H groups in total. The van der Waals surface area contributed by atoms with E-state index < -0.39 is 21.2 Å². The Hall–Kier alpha value is -3.50. The van der Waals surface area contributed by atoms with E-state index in [0.29, 0.717) is 32.6 Å². The number of benzene rings is 2. The average molecular weight is 436 g/mol. The lowest BCUT2D eigenvalue weighted by Gasteiger charge is -2.04. The summed E-state index contributed by atoms with van der Waals surface area (Å²) < 4.78 is 5.20. The van der Waals surface area contributed by atoms with Crippen LogP contribution in [0.3, 0.4) is 0 Å². The second kappa shape index (κ2) is 8.25. The lowest BCUT2D eigenvalue weighted by atomic mass is 10.1. The van der Waals surface area contributed by atoms with Crippen molar-refractivity contribution in [1.29, 1.82) is 0 Å². The molecule has 29 heavy (non-hydrogen) atoms. The van der Waals surface area contributed by atoms with E-state index in [4.69, 9.17) is 27.7 Å². The van der Waals surface area contributed by atoms with Crippen LogP contribution in [-0.2, 0) is 0 Å². The fourth-order valence-corrected chi connectivity index (χ4v) is 3.06. The maximum Gasteiger partial charge on any atom is 0.301 e. The van der Waals surface area contributed by atoms with Crippen molar-refractivity contribution in [1.82, 2.24) is 5.16 Å². The number of nitro groups is 2. The second-order valence-corrected chi connectivity index (χ2v) is 6.50. The molecule has 0 saturated heterocycles. The number of aryl methyl sites for hydroxylation is 1. The topological polar surface area (TPSA) is 137 Å². The van der Waals surface area contributed by atoms with Crippen molar-refractivity contribution in [2.24, 2.45) is 5.10 Å². The maximum atomic E-state index is 11.2. The van der Waals surface area contributed by atoms with E-state index in [1.54, 1.807) is 25.1 Å². The number of hydrogen-bond acceptors (Lipinski definition) is 8. The van der Waals surface area contributed by atoms with Gasteiger partial charge in [0.05, 0.1) is 37.7 Å². The summed E-state index contributed by atoms with van der Waals surface area (Å²) in [5.74, 6) is 0.416. The SMILES string of the molecule is Cc1onc(-c2c(Cl)cccc2Cl)c1/C=N/Nc1ccc([N+](=O)[O-])cc1[N+](=O)[O-]. The number of halogens is 2. The largest absolute Gasteiger partial charge is 0.360 e. The summed E-state index contributed by atoms with van der Waals surface area (Å²) >= 11 is 12.4. The van der Waals surface area contributed by atoms with Crippen molar-refractivity contribution in [2.45, 2.75) is 6.92 Å². The molecule has 3 rings (SSSR count). The van der Waals surface area contributed by atoms with Crippen LogP contribution in [0.4, 0.5) is 17.1 Å². The first kappa shape index (κ1) is 20.2. The highest BCUT2D eigenvalue weighted by Gasteiger charge is 2.20. The van der Waals surface area contributed by atoms with Crippen molar-refractivity contribution in [3.63, 3.8) is 0 Å². The number of nitrogens with zero attached hydrogens (tertiary/aromatic N) is 4. The van der Waals surface area contributed by atoms with Gasteiger partial charge in [-0.05, 0) is 25.1 Å². The molecule has 148 valence electrons. The summed E-state index contributed by atoms with van der Waals surface area (Å²) in [6.45, 7) is 1.65. The molecule has 1 aromatic heterocycles. The van der Waals surface area contributed by atoms with E-state index in [2.05, 4.69) is 15.7 Å². The highest BCUT2D eigenvalue weighted by atomic mass is 35.5. The van der Waals surface area contributed by atoms with Gasteiger partial charge in [-0.1, -0.05) is 34.4 Å². The molecule has 2 aromatic carbocycles. The molecule has 0 radical (unpaired) electrons. The summed E-state index contributed by atoms with van der Waals surface area (Å²) in [7, 11) is 0. The monoisotopic (exact) mass is 435 g/mol. The molecule has 0 fully saturated rings. The zero-order chi connectivity index (χ0) is 21.1. The third-order valence-electron chi connectivity index (χ3n) is 3.88. The van der Waals surface area contributed by atoms with Gasteiger partial charge in [-0.2, -0.15) is 5.10 Å². The molecular weight excluding hydrogens is 425 g/mol. The Balaban J connectivity index is 1.94. The minimum absolute atomic E-state index is 0.0247. The van der Waals surface area contributed by atoms with Crippen molar-refractivity contribution in [3.05, 3.63) is 78.0 Å². The van der Waals surface area contributed by atoms with Gasteiger partial charge in [0.1, 0.15) is 17.1 Å². The normalized spacial score (nSPS) is 11.0. The van der Waals surface area contributed by atoms with Gasteiger partial charge in [-0.15, -0.1) is 0 Å². The minimum atomic E-state index is -0.746. The summed E-state index contributed by atoms with van der Waals surface area (Å²) in [6.07, 6.45) is 1.34. The first-order chi connectivity index (χ1) is 13.8. The van der Waals surface area contributed by atoms with E-state index in [9.17, 15) is 20.2 Å². The summed E-state index contributed by atoms with van der Waals surface area (Å²) in [5.41, 5.74) is 2.84. The van der Waals surface area contributed by atoms with Crippen molar-refractivity contribution in [3.8, 4) is 11.3 Å². The zero-order valence-corrected chi connectivity index (χ0v) is 16.1. The predicted molar refractivity (Wildman–Crippen MR) is 108 cm³/mol. The van der Waals surface area contributed by atoms with Crippen LogP contribution in [0, 0.1) is 27.2 Å². The highest BCUT2D eigenvalue weighted by Crippen LogP contribution is 2.36. The van der Waals surface area contributed by atoms with Gasteiger partial charge in [-0.25, -0.2) is 0 Å². The van der Waals surface area contributed by atoms with E-state index >= 15 is 0 Å². The average Bonchev–Trinajstić information content (AvgIpc) is 3.02. The lowest BCUT2D eigenvalue weighted by molar-refractivity contribution is -0.393. The third-order valence-corrected chi connectivity index (χ3v) is 4.51. The lowest BCUT2D eigenvalue weighted by Crippen LogP contribution is -1.99. The molecule has 0 saturated carbocycles. The molecule has 3 aromatic rings. The smallest absolute Gasteiger partial charge is 0.301 e. The predicted octanol–water partition coefficient (Wildman–Crippen LogP) is 5.22. The quantitative estimate of drug-likeness (QED) is 0.318. The number of nitro benzene ring substituents is 2. The molecule has 12 heteroatoms. The molecule has 0 aliphatic carbocycles. The summed E-state index contributed by atoms with van der Waals surface area (Å²) in [6, 6.07) is 8.14. The number of hydrogen-bond donors (Lipinski definition) is 1. The van der Waals surface area contributed by atoms with Gasteiger partial charge in [0.25, 0.3) is 5.69 Å². The van der Waals surface area contributed by atoms with E-state index in [1.165, 1.54) is 12.3 Å². The van der Waals surface area contributed by atoms with Gasteiger partial charge in [-0.3, -0.25) is 25.7 Å². The Bertz CT molecular complexity index is 1120. The number of rotatable bonds is 6. The molecule has 10 nitrogen and oxygen atoms in total. The van der Waals surface area contributed by atoms with Gasteiger partial charge < -0.3 is 4.52 Å². The third kappa shape index (κ3) is 4.18. The second-order valence-electron chi connectivity index (χ2n) is 5.68. The Morgan fingerprint density at radius 3 is 2.45 bits per heavy atom. The van der Waals surface area contributed by atoms with E-state index in [0.717, 1.165) is 12.1 Å². The Kier molecular flexibility index (Phi) is 5.76. The van der Waals surface area contributed by atoms with Gasteiger partial charge in [0.2, 0.25) is 0 Å². The maximum absolute atomic E-state index is 11.2. The molecule has 0 amide bonds. The van der Waals surface area contributed by atoms with Crippen LogP contribution in [0.5, 0.6) is 0 Å². The molecule has 0 aliphatic rings. The van der Waals surface area contributed by atoms with E-state index in [-0.39, 0.29) is 5.69 Å². The van der Waals surface area contributed by atoms with E-state index in [1.807, 2.05) is 0 Å². The van der Waals surface area contributed by atoms with Gasteiger partial charge >= 0.3 is 5.69 Å². The van der Waals surface area contributed by atoms with Crippen LogP contribution in [-0.4, -0.2) is 21.2 Å². The number of nitrogens with one attached hydrogen (secondary N) is 1. The van der Waals surface area contributed by atoms with Crippen LogP contribution in [0.15, 0.2) is 46.0 Å². The molecule has 0 atom stereocenters. The zero-order valence-electron chi connectivity index (χ0n) is 14.6. The molecule has 0 aliphatic heterocycles. The Labute approximate surface area is 173 Å². The fraction of sp³-hybridized carbons (Fsp3) is 0.0588. The van der Waals surface area contributed by atoms with Crippen molar-refractivity contribution >= 4 is 46.5 Å². The Morgan fingerprint density at radius 2 is 1.83 bits per heavy atom. The van der Waals surface area contributed by atoms with Crippen molar-refractivity contribution in [2.75, 3.05) is 5.43 Å². The first-order valence-electron chi connectivity index (χ1n) is 7.92. The summed E-state index contributed by atoms with van der Waals surface area (Å²) in [4.78, 5) is 20.5. The fourth-order valence-electron chi connectivity index (χ4n) is 2.48. The summed E-state index contributed by atoms with van der Waals surface area (Å²) in [5, 5.41) is 30.7. The number of hydrazone groups is 1. The van der Waals surface area contributed by atoms with Crippen LogP contribution < -0.4 is 5.43 Å².